The third kappa shape index (κ3) is 2.12. The first kappa shape index (κ1) is 9.22. The molecule has 0 aliphatic carbocycles. The molecule has 2 aliphatic heterocycles. The fourth-order valence-electron chi connectivity index (χ4n) is 2.57. The molecule has 2 rings (SSSR count). The van der Waals surface area contributed by atoms with Gasteiger partial charge in [0.15, 0.2) is 0 Å². The van der Waals surface area contributed by atoms with Gasteiger partial charge >= 0.3 is 0 Å². The first-order valence-electron chi connectivity index (χ1n) is 5.47. The van der Waals surface area contributed by atoms with Crippen LogP contribution >= 0.6 is 0 Å². The molecule has 0 radical (unpaired) electrons. The number of fused-ring (bicyclic) bond motifs is 1. The van der Waals surface area contributed by atoms with Gasteiger partial charge in [0, 0.05) is 32.2 Å². The van der Waals surface area contributed by atoms with Crippen LogP contribution in [-0.4, -0.2) is 48.6 Å². The Hall–Kier alpha value is -0.340. The predicted octanol–water partition coefficient (Wildman–Crippen LogP) is 1.34. The summed E-state index contributed by atoms with van der Waals surface area (Å²) in [5.74, 6) is 0. The van der Waals surface area contributed by atoms with Gasteiger partial charge in [-0.2, -0.15) is 0 Å². The Morgan fingerprint density at radius 3 is 3.00 bits per heavy atom. The van der Waals surface area contributed by atoms with Crippen molar-refractivity contribution in [2.24, 2.45) is 0 Å². The Kier molecular flexibility index (Phi) is 3.01. The molecule has 74 valence electrons. The molecular weight excluding hydrogens is 160 g/mol. The van der Waals surface area contributed by atoms with Crippen molar-refractivity contribution in [3.8, 4) is 0 Å². The van der Waals surface area contributed by atoms with E-state index >= 15 is 0 Å². The Bertz CT molecular complexity index is 179. The van der Waals surface area contributed by atoms with Gasteiger partial charge in [-0.15, -0.1) is 6.58 Å². The summed E-state index contributed by atoms with van der Waals surface area (Å²) in [5.41, 5.74) is 0. The lowest BCUT2D eigenvalue weighted by Crippen LogP contribution is -2.54. The highest BCUT2D eigenvalue weighted by Crippen LogP contribution is 2.20. The number of piperidine rings is 1. The van der Waals surface area contributed by atoms with Crippen LogP contribution in [0.15, 0.2) is 12.7 Å². The van der Waals surface area contributed by atoms with E-state index < -0.39 is 0 Å². The number of hydrogen-bond acceptors (Lipinski definition) is 2. The first-order valence-corrected chi connectivity index (χ1v) is 5.47. The second-order valence-electron chi connectivity index (χ2n) is 4.23. The average Bonchev–Trinajstić information content (AvgIpc) is 2.18. The zero-order valence-corrected chi connectivity index (χ0v) is 8.41. The van der Waals surface area contributed by atoms with E-state index in [1.165, 1.54) is 45.4 Å². The third-order valence-corrected chi connectivity index (χ3v) is 3.31. The summed E-state index contributed by atoms with van der Waals surface area (Å²) in [4.78, 5) is 5.20. The summed E-state index contributed by atoms with van der Waals surface area (Å²) in [6.45, 7) is 10.0. The van der Waals surface area contributed by atoms with Crippen LogP contribution in [-0.2, 0) is 0 Å². The van der Waals surface area contributed by atoms with Crippen molar-refractivity contribution in [2.45, 2.75) is 25.3 Å². The van der Waals surface area contributed by atoms with Gasteiger partial charge in [-0.1, -0.05) is 12.5 Å². The molecule has 0 aromatic heterocycles. The molecule has 2 saturated heterocycles. The van der Waals surface area contributed by atoms with Gasteiger partial charge in [0.1, 0.15) is 0 Å². The molecular formula is C11H20N2. The number of nitrogens with zero attached hydrogens (tertiary/aromatic N) is 2. The van der Waals surface area contributed by atoms with Crippen molar-refractivity contribution < 1.29 is 0 Å². The summed E-state index contributed by atoms with van der Waals surface area (Å²) in [7, 11) is 0. The molecule has 1 atom stereocenters. The van der Waals surface area contributed by atoms with E-state index in [-0.39, 0.29) is 0 Å². The molecule has 2 fully saturated rings. The Morgan fingerprint density at radius 2 is 2.15 bits per heavy atom. The predicted molar refractivity (Wildman–Crippen MR) is 55.8 cm³/mol. The van der Waals surface area contributed by atoms with Crippen LogP contribution in [0.4, 0.5) is 0 Å². The molecule has 0 N–H and O–H groups in total. The van der Waals surface area contributed by atoms with E-state index in [1.54, 1.807) is 0 Å². The smallest absolute Gasteiger partial charge is 0.0223 e. The molecule has 13 heavy (non-hydrogen) atoms. The zero-order chi connectivity index (χ0) is 9.10. The van der Waals surface area contributed by atoms with Crippen LogP contribution in [0.5, 0.6) is 0 Å². The highest BCUT2D eigenvalue weighted by atomic mass is 15.3. The normalized spacial score (nSPS) is 31.2. The van der Waals surface area contributed by atoms with Crippen molar-refractivity contribution in [3.63, 3.8) is 0 Å². The van der Waals surface area contributed by atoms with Gasteiger partial charge in [0.25, 0.3) is 0 Å². The van der Waals surface area contributed by atoms with E-state index in [1.807, 2.05) is 6.08 Å². The lowest BCUT2D eigenvalue weighted by atomic mass is 9.99. The lowest BCUT2D eigenvalue weighted by Gasteiger charge is -2.43. The second kappa shape index (κ2) is 4.25. The summed E-state index contributed by atoms with van der Waals surface area (Å²) in [6.07, 6.45) is 6.28. The largest absolute Gasteiger partial charge is 0.298 e. The van der Waals surface area contributed by atoms with Crippen molar-refractivity contribution in [1.29, 1.82) is 0 Å². The topological polar surface area (TPSA) is 6.48 Å². The molecule has 0 spiro atoms. The van der Waals surface area contributed by atoms with E-state index in [2.05, 4.69) is 16.4 Å². The van der Waals surface area contributed by atoms with Gasteiger partial charge in [-0.25, -0.2) is 0 Å². The molecule has 0 bridgehead atoms. The summed E-state index contributed by atoms with van der Waals surface area (Å²) in [6, 6.07) is 0.849. The van der Waals surface area contributed by atoms with Gasteiger partial charge in [-0.3, -0.25) is 9.80 Å². The molecule has 0 saturated carbocycles. The van der Waals surface area contributed by atoms with Crippen molar-refractivity contribution in [1.82, 2.24) is 9.80 Å². The fraction of sp³-hybridized carbons (Fsp3) is 0.818. The van der Waals surface area contributed by atoms with Crippen LogP contribution in [0.2, 0.25) is 0 Å². The van der Waals surface area contributed by atoms with Gasteiger partial charge in [0.2, 0.25) is 0 Å². The van der Waals surface area contributed by atoms with Crippen LogP contribution < -0.4 is 0 Å². The zero-order valence-electron chi connectivity index (χ0n) is 8.41. The lowest BCUT2D eigenvalue weighted by molar-refractivity contribution is 0.0552. The molecule has 2 heterocycles. The minimum absolute atomic E-state index is 0.849. The highest BCUT2D eigenvalue weighted by Gasteiger charge is 2.27. The van der Waals surface area contributed by atoms with Crippen molar-refractivity contribution in [3.05, 3.63) is 12.7 Å². The molecule has 2 aliphatic rings. The monoisotopic (exact) mass is 180 g/mol. The number of piperazine rings is 1. The van der Waals surface area contributed by atoms with Gasteiger partial charge in [0.05, 0.1) is 0 Å². The Morgan fingerprint density at radius 1 is 1.23 bits per heavy atom. The van der Waals surface area contributed by atoms with Crippen molar-refractivity contribution >= 4 is 0 Å². The quantitative estimate of drug-likeness (QED) is 0.592. The third-order valence-electron chi connectivity index (χ3n) is 3.31. The molecule has 0 amide bonds. The second-order valence-corrected chi connectivity index (χ2v) is 4.23. The highest BCUT2D eigenvalue weighted by molar-refractivity contribution is 4.87. The van der Waals surface area contributed by atoms with E-state index in [0.29, 0.717) is 0 Å². The van der Waals surface area contributed by atoms with Crippen molar-refractivity contribution in [2.75, 3.05) is 32.7 Å². The molecule has 2 nitrogen and oxygen atoms in total. The standard InChI is InChI=1S/C11H20N2/c1-2-6-12-8-9-13-7-4-3-5-11(13)10-12/h2,11H,1,3-10H2. The minimum Gasteiger partial charge on any atom is -0.298 e. The van der Waals surface area contributed by atoms with E-state index in [0.717, 1.165) is 12.6 Å². The maximum atomic E-state index is 3.80. The van der Waals surface area contributed by atoms with E-state index in [9.17, 15) is 0 Å². The maximum Gasteiger partial charge on any atom is 0.0223 e. The number of hydrogen-bond donors (Lipinski definition) is 0. The van der Waals surface area contributed by atoms with Crippen LogP contribution in [0, 0.1) is 0 Å². The molecule has 0 aromatic carbocycles. The van der Waals surface area contributed by atoms with Gasteiger partial charge < -0.3 is 0 Å². The first-order chi connectivity index (χ1) is 6.40. The minimum atomic E-state index is 0.849. The maximum absolute atomic E-state index is 3.80. The number of rotatable bonds is 2. The van der Waals surface area contributed by atoms with Crippen LogP contribution in [0.1, 0.15) is 19.3 Å². The van der Waals surface area contributed by atoms with Crippen LogP contribution in [0.3, 0.4) is 0 Å². The summed E-state index contributed by atoms with van der Waals surface area (Å²) < 4.78 is 0. The van der Waals surface area contributed by atoms with Gasteiger partial charge in [-0.05, 0) is 19.4 Å². The van der Waals surface area contributed by atoms with Crippen LogP contribution in [0.25, 0.3) is 0 Å². The van der Waals surface area contributed by atoms with E-state index in [4.69, 9.17) is 0 Å². The Balaban J connectivity index is 1.87. The SMILES string of the molecule is C=CCN1CCN2CCCCC2C1. The fourth-order valence-corrected chi connectivity index (χ4v) is 2.57. The molecule has 2 heteroatoms. The molecule has 0 aromatic rings. The molecule has 1 unspecified atom stereocenters. The Labute approximate surface area is 81.2 Å². The summed E-state index contributed by atoms with van der Waals surface area (Å²) in [5, 5.41) is 0. The summed E-state index contributed by atoms with van der Waals surface area (Å²) >= 11 is 0. The average molecular weight is 180 g/mol.